The maximum absolute atomic E-state index is 5.65. The summed E-state index contributed by atoms with van der Waals surface area (Å²) in [5.74, 6) is 0.867. The molecule has 80 valence electrons. The minimum absolute atomic E-state index is 0. The molecule has 0 amide bonds. The number of hydrogen-bond acceptors (Lipinski definition) is 3. The highest BCUT2D eigenvalue weighted by Crippen LogP contribution is 2.12. The van der Waals surface area contributed by atoms with Gasteiger partial charge in [0.2, 0.25) is 0 Å². The Morgan fingerprint density at radius 3 is 2.86 bits per heavy atom. The van der Waals surface area contributed by atoms with Crippen LogP contribution in [-0.2, 0) is 0 Å². The summed E-state index contributed by atoms with van der Waals surface area (Å²) in [6, 6.07) is 3.82. The summed E-state index contributed by atoms with van der Waals surface area (Å²) < 4.78 is 5.65. The third-order valence-corrected chi connectivity index (χ3v) is 1.95. The van der Waals surface area contributed by atoms with Gasteiger partial charge in [-0.25, -0.2) is 0 Å². The molecule has 1 saturated heterocycles. The van der Waals surface area contributed by atoms with E-state index in [1.54, 1.807) is 12.4 Å². The van der Waals surface area contributed by atoms with E-state index in [2.05, 4.69) is 10.3 Å². The molecule has 14 heavy (non-hydrogen) atoms. The van der Waals surface area contributed by atoms with Crippen LogP contribution in [0.4, 0.5) is 0 Å². The number of rotatable bonds is 2. The second-order valence-corrected chi connectivity index (χ2v) is 2.92. The van der Waals surface area contributed by atoms with E-state index < -0.39 is 0 Å². The van der Waals surface area contributed by atoms with Crippen molar-refractivity contribution in [2.45, 2.75) is 12.5 Å². The van der Waals surface area contributed by atoms with E-state index >= 15 is 0 Å². The normalized spacial score (nSPS) is 19.3. The fourth-order valence-electron chi connectivity index (χ4n) is 1.34. The van der Waals surface area contributed by atoms with E-state index in [9.17, 15) is 0 Å². The van der Waals surface area contributed by atoms with Gasteiger partial charge in [-0.3, -0.25) is 4.98 Å². The number of ether oxygens (including phenoxy) is 1. The summed E-state index contributed by atoms with van der Waals surface area (Å²) in [5.41, 5.74) is 0. The molecule has 0 saturated carbocycles. The van der Waals surface area contributed by atoms with Crippen LogP contribution in [0.1, 0.15) is 6.42 Å². The van der Waals surface area contributed by atoms with E-state index in [4.69, 9.17) is 4.74 Å². The van der Waals surface area contributed by atoms with Crippen molar-refractivity contribution in [2.24, 2.45) is 0 Å². The van der Waals surface area contributed by atoms with Gasteiger partial charge in [0.1, 0.15) is 11.9 Å². The highest BCUT2D eigenvalue weighted by atomic mass is 35.5. The molecule has 1 aliphatic heterocycles. The van der Waals surface area contributed by atoms with Crippen molar-refractivity contribution in [3.05, 3.63) is 24.5 Å². The fourth-order valence-corrected chi connectivity index (χ4v) is 1.34. The Balaban J connectivity index is 0.000000845. The average Bonchev–Trinajstić information content (AvgIpc) is 2.59. The molecular formula is C9H14Cl2N2O. The average molecular weight is 237 g/mol. The first-order valence-corrected chi connectivity index (χ1v) is 4.22. The van der Waals surface area contributed by atoms with Crippen molar-refractivity contribution in [3.8, 4) is 5.75 Å². The lowest BCUT2D eigenvalue weighted by Crippen LogP contribution is -2.19. The summed E-state index contributed by atoms with van der Waals surface area (Å²) in [5, 5.41) is 3.25. The van der Waals surface area contributed by atoms with Crippen LogP contribution in [0.3, 0.4) is 0 Å². The molecule has 0 bridgehead atoms. The van der Waals surface area contributed by atoms with Gasteiger partial charge in [0.15, 0.2) is 0 Å². The maximum Gasteiger partial charge on any atom is 0.138 e. The molecular weight excluding hydrogens is 223 g/mol. The molecule has 2 rings (SSSR count). The van der Waals surface area contributed by atoms with Crippen molar-refractivity contribution in [2.75, 3.05) is 13.1 Å². The summed E-state index contributed by atoms with van der Waals surface area (Å²) in [6.45, 7) is 2.01. The zero-order valence-electron chi connectivity index (χ0n) is 7.68. The Morgan fingerprint density at radius 2 is 2.29 bits per heavy atom. The summed E-state index contributed by atoms with van der Waals surface area (Å²) in [7, 11) is 0. The van der Waals surface area contributed by atoms with Crippen LogP contribution >= 0.6 is 24.8 Å². The summed E-state index contributed by atoms with van der Waals surface area (Å²) in [4.78, 5) is 3.98. The van der Waals surface area contributed by atoms with Crippen LogP contribution in [-0.4, -0.2) is 24.2 Å². The van der Waals surface area contributed by atoms with Gasteiger partial charge in [0.05, 0.1) is 6.20 Å². The number of nitrogens with zero attached hydrogens (tertiary/aromatic N) is 1. The van der Waals surface area contributed by atoms with Crippen molar-refractivity contribution < 1.29 is 4.74 Å². The van der Waals surface area contributed by atoms with Gasteiger partial charge in [0, 0.05) is 12.7 Å². The van der Waals surface area contributed by atoms with Crippen LogP contribution in [0.15, 0.2) is 24.5 Å². The first kappa shape index (κ1) is 13.5. The third kappa shape index (κ3) is 3.70. The van der Waals surface area contributed by atoms with E-state index in [1.807, 2.05) is 12.1 Å². The molecule has 1 atom stereocenters. The highest BCUT2D eigenvalue weighted by Gasteiger charge is 2.15. The van der Waals surface area contributed by atoms with Crippen LogP contribution in [0.2, 0.25) is 0 Å². The highest BCUT2D eigenvalue weighted by molar-refractivity contribution is 5.85. The number of aromatic nitrogens is 1. The van der Waals surface area contributed by atoms with Crippen molar-refractivity contribution >= 4 is 24.8 Å². The van der Waals surface area contributed by atoms with Crippen LogP contribution in [0, 0.1) is 0 Å². The van der Waals surface area contributed by atoms with E-state index in [0.717, 1.165) is 25.3 Å². The minimum Gasteiger partial charge on any atom is -0.487 e. The summed E-state index contributed by atoms with van der Waals surface area (Å²) in [6.07, 6.45) is 4.92. The Kier molecular flexibility index (Phi) is 6.62. The Hall–Kier alpha value is -0.510. The zero-order chi connectivity index (χ0) is 8.23. The molecule has 1 aromatic heterocycles. The largest absolute Gasteiger partial charge is 0.487 e. The smallest absolute Gasteiger partial charge is 0.138 e. The topological polar surface area (TPSA) is 34.1 Å². The van der Waals surface area contributed by atoms with Gasteiger partial charge < -0.3 is 10.1 Å². The number of hydrogen-bond donors (Lipinski definition) is 1. The first-order chi connectivity index (χ1) is 5.95. The molecule has 5 heteroatoms. The van der Waals surface area contributed by atoms with E-state index in [-0.39, 0.29) is 24.8 Å². The minimum atomic E-state index is 0. The van der Waals surface area contributed by atoms with Crippen LogP contribution in [0.25, 0.3) is 0 Å². The number of halogens is 2. The van der Waals surface area contributed by atoms with Crippen LogP contribution < -0.4 is 10.1 Å². The molecule has 1 fully saturated rings. The van der Waals surface area contributed by atoms with Gasteiger partial charge in [-0.1, -0.05) is 0 Å². The standard InChI is InChI=1S/C9H12N2O.2ClH/c1-2-8(6-10-4-1)12-9-3-5-11-7-9;;/h1-2,4,6,9,11H,3,5,7H2;2*1H. The first-order valence-electron chi connectivity index (χ1n) is 4.22. The maximum atomic E-state index is 5.65. The quantitative estimate of drug-likeness (QED) is 0.849. The van der Waals surface area contributed by atoms with Crippen molar-refractivity contribution in [1.29, 1.82) is 0 Å². The fraction of sp³-hybridized carbons (Fsp3) is 0.444. The molecule has 3 nitrogen and oxygen atoms in total. The van der Waals surface area contributed by atoms with E-state index in [1.165, 1.54) is 0 Å². The lowest BCUT2D eigenvalue weighted by molar-refractivity contribution is 0.222. The predicted octanol–water partition coefficient (Wildman–Crippen LogP) is 1.67. The third-order valence-electron chi connectivity index (χ3n) is 1.95. The second-order valence-electron chi connectivity index (χ2n) is 2.92. The molecule has 0 spiro atoms. The molecule has 1 N–H and O–H groups in total. The molecule has 2 heterocycles. The molecule has 0 radical (unpaired) electrons. The van der Waals surface area contributed by atoms with Crippen molar-refractivity contribution in [3.63, 3.8) is 0 Å². The van der Waals surface area contributed by atoms with Crippen molar-refractivity contribution in [1.82, 2.24) is 10.3 Å². The number of nitrogens with one attached hydrogen (secondary N) is 1. The molecule has 0 aliphatic carbocycles. The summed E-state index contributed by atoms with van der Waals surface area (Å²) >= 11 is 0. The second kappa shape index (κ2) is 6.87. The Morgan fingerprint density at radius 1 is 1.43 bits per heavy atom. The zero-order valence-corrected chi connectivity index (χ0v) is 9.31. The molecule has 0 aromatic carbocycles. The van der Waals surface area contributed by atoms with E-state index in [0.29, 0.717) is 6.10 Å². The van der Waals surface area contributed by atoms with Gasteiger partial charge in [-0.15, -0.1) is 24.8 Å². The van der Waals surface area contributed by atoms with Gasteiger partial charge in [-0.05, 0) is 25.1 Å². The van der Waals surface area contributed by atoms with Crippen LogP contribution in [0.5, 0.6) is 5.75 Å². The molecule has 1 aromatic rings. The lowest BCUT2D eigenvalue weighted by Gasteiger charge is -2.10. The van der Waals surface area contributed by atoms with Gasteiger partial charge in [-0.2, -0.15) is 0 Å². The predicted molar refractivity (Wildman–Crippen MR) is 60.6 cm³/mol. The monoisotopic (exact) mass is 236 g/mol. The molecule has 1 aliphatic rings. The Bertz CT molecular complexity index is 240. The van der Waals surface area contributed by atoms with Gasteiger partial charge >= 0.3 is 0 Å². The SMILES string of the molecule is Cl.Cl.c1cncc(OC2CCNC2)c1. The molecule has 1 unspecified atom stereocenters. The van der Waals surface area contributed by atoms with Gasteiger partial charge in [0.25, 0.3) is 0 Å². The number of pyridine rings is 1. The lowest BCUT2D eigenvalue weighted by atomic mass is 10.3. The Labute approximate surface area is 96.1 Å².